The van der Waals surface area contributed by atoms with Gasteiger partial charge in [0.2, 0.25) is 0 Å². The fourth-order valence-electron chi connectivity index (χ4n) is 1.18. The maximum absolute atomic E-state index is 5.60. The van der Waals surface area contributed by atoms with Gasteiger partial charge in [-0.05, 0) is 12.5 Å². The molecule has 1 rings (SSSR count). The van der Waals surface area contributed by atoms with Crippen LogP contribution < -0.4 is 10.6 Å². The number of hydrogen-bond acceptors (Lipinski definition) is 4. The largest absolute Gasteiger partial charge is 0.362 e. The lowest BCUT2D eigenvalue weighted by Gasteiger charge is -2.18. The molecular weight excluding hydrogens is 164 g/mol. The molecule has 4 nitrogen and oxygen atoms in total. The highest BCUT2D eigenvalue weighted by molar-refractivity contribution is 5.45. The van der Waals surface area contributed by atoms with E-state index in [2.05, 4.69) is 16.9 Å². The average Bonchev–Trinajstić information content (AvgIpc) is 2.16. The van der Waals surface area contributed by atoms with E-state index >= 15 is 0 Å². The molecule has 1 aromatic rings. The summed E-state index contributed by atoms with van der Waals surface area (Å²) in [6.07, 6.45) is 3.39. The van der Waals surface area contributed by atoms with Crippen molar-refractivity contribution < 1.29 is 0 Å². The Morgan fingerprint density at radius 1 is 1.54 bits per heavy atom. The number of nitrogens with two attached hydrogens (primary N) is 1. The van der Waals surface area contributed by atoms with Crippen molar-refractivity contribution in [2.24, 2.45) is 5.73 Å². The predicted octanol–water partition coefficient (Wildman–Crippen LogP) is 0.605. The smallest absolute Gasteiger partial charge is 0.134 e. The van der Waals surface area contributed by atoms with E-state index < -0.39 is 0 Å². The van der Waals surface area contributed by atoms with Crippen molar-refractivity contribution in [3.8, 4) is 0 Å². The third kappa shape index (κ3) is 2.15. The quantitative estimate of drug-likeness (QED) is 0.740. The van der Waals surface area contributed by atoms with Crippen LogP contribution in [0.4, 0.5) is 5.82 Å². The van der Waals surface area contributed by atoms with Gasteiger partial charge in [0.15, 0.2) is 0 Å². The Morgan fingerprint density at radius 2 is 2.23 bits per heavy atom. The summed E-state index contributed by atoms with van der Waals surface area (Å²) in [5.41, 5.74) is 6.71. The van der Waals surface area contributed by atoms with Gasteiger partial charge in [-0.25, -0.2) is 9.97 Å². The normalized spacial score (nSPS) is 12.6. The van der Waals surface area contributed by atoms with E-state index in [4.69, 9.17) is 5.73 Å². The molecule has 1 atom stereocenters. The molecule has 0 saturated carbocycles. The Balaban J connectivity index is 3.04. The molecule has 0 radical (unpaired) electrons. The van der Waals surface area contributed by atoms with Gasteiger partial charge in [0.05, 0.1) is 0 Å². The Hall–Kier alpha value is -1.16. The first-order valence-corrected chi connectivity index (χ1v) is 4.34. The van der Waals surface area contributed by atoms with E-state index in [0.29, 0.717) is 12.5 Å². The van der Waals surface area contributed by atoms with Crippen molar-refractivity contribution in [2.75, 3.05) is 25.5 Å². The van der Waals surface area contributed by atoms with Crippen molar-refractivity contribution in [1.82, 2.24) is 9.97 Å². The summed E-state index contributed by atoms with van der Waals surface area (Å²) in [5.74, 6) is 1.26. The predicted molar refractivity (Wildman–Crippen MR) is 53.8 cm³/mol. The number of hydrogen-bond donors (Lipinski definition) is 1. The first kappa shape index (κ1) is 9.92. The van der Waals surface area contributed by atoms with Gasteiger partial charge in [-0.15, -0.1) is 0 Å². The number of rotatable bonds is 3. The topological polar surface area (TPSA) is 55.0 Å². The zero-order valence-corrected chi connectivity index (χ0v) is 8.36. The minimum atomic E-state index is 0.304. The molecule has 0 aliphatic carbocycles. The summed E-state index contributed by atoms with van der Waals surface area (Å²) in [5, 5.41) is 0. The van der Waals surface area contributed by atoms with Crippen molar-refractivity contribution in [2.45, 2.75) is 12.8 Å². The van der Waals surface area contributed by atoms with Gasteiger partial charge in [0.1, 0.15) is 12.1 Å². The van der Waals surface area contributed by atoms with Crippen molar-refractivity contribution in [3.63, 3.8) is 0 Å². The summed E-state index contributed by atoms with van der Waals surface area (Å²) in [6, 6.07) is 0. The first-order chi connectivity index (χ1) is 6.16. The Kier molecular flexibility index (Phi) is 3.19. The summed E-state index contributed by atoms with van der Waals surface area (Å²) in [4.78, 5) is 10.2. The van der Waals surface area contributed by atoms with E-state index in [9.17, 15) is 0 Å². The molecule has 72 valence electrons. The minimum absolute atomic E-state index is 0.304. The van der Waals surface area contributed by atoms with Crippen molar-refractivity contribution in [3.05, 3.63) is 18.1 Å². The summed E-state index contributed by atoms with van der Waals surface area (Å²) in [6.45, 7) is 2.69. The van der Waals surface area contributed by atoms with Crippen molar-refractivity contribution >= 4 is 5.82 Å². The van der Waals surface area contributed by atoms with E-state index in [1.807, 2.05) is 25.2 Å². The molecule has 1 aromatic heterocycles. The van der Waals surface area contributed by atoms with Crippen LogP contribution in [-0.2, 0) is 0 Å². The van der Waals surface area contributed by atoms with Crippen LogP contribution in [0.15, 0.2) is 12.5 Å². The minimum Gasteiger partial charge on any atom is -0.362 e. The number of anilines is 1. The zero-order valence-electron chi connectivity index (χ0n) is 8.36. The summed E-state index contributed by atoms with van der Waals surface area (Å²) in [7, 11) is 3.93. The molecule has 0 aliphatic heterocycles. The lowest BCUT2D eigenvalue weighted by atomic mass is 10.0. The maximum Gasteiger partial charge on any atom is 0.134 e. The van der Waals surface area contributed by atoms with Crippen LogP contribution in [-0.4, -0.2) is 30.6 Å². The average molecular weight is 180 g/mol. The molecule has 0 aliphatic rings. The fraction of sp³-hybridized carbons (Fsp3) is 0.556. The lowest BCUT2D eigenvalue weighted by molar-refractivity contribution is 0.758. The SMILES string of the molecule is CC(CN)c1cncnc1N(C)C. The number of aromatic nitrogens is 2. The molecule has 13 heavy (non-hydrogen) atoms. The molecule has 0 amide bonds. The molecule has 2 N–H and O–H groups in total. The second-order valence-electron chi connectivity index (χ2n) is 3.33. The molecule has 4 heteroatoms. The van der Waals surface area contributed by atoms with Gasteiger partial charge in [-0.1, -0.05) is 6.92 Å². The second kappa shape index (κ2) is 4.18. The van der Waals surface area contributed by atoms with Crippen LogP contribution in [0.25, 0.3) is 0 Å². The standard InChI is InChI=1S/C9H16N4/c1-7(4-10)8-5-11-6-12-9(8)13(2)3/h5-7H,4,10H2,1-3H3. The lowest BCUT2D eigenvalue weighted by Crippen LogP contribution is -2.17. The van der Waals surface area contributed by atoms with Crippen LogP contribution in [0.3, 0.4) is 0 Å². The van der Waals surface area contributed by atoms with Crippen LogP contribution in [0.5, 0.6) is 0 Å². The molecule has 0 fully saturated rings. The molecule has 0 aromatic carbocycles. The van der Waals surface area contributed by atoms with Gasteiger partial charge in [0.25, 0.3) is 0 Å². The fourth-order valence-corrected chi connectivity index (χ4v) is 1.18. The van der Waals surface area contributed by atoms with Gasteiger partial charge >= 0.3 is 0 Å². The molecule has 0 spiro atoms. The van der Waals surface area contributed by atoms with Gasteiger partial charge in [-0.2, -0.15) is 0 Å². The molecular formula is C9H16N4. The highest BCUT2D eigenvalue weighted by Gasteiger charge is 2.11. The van der Waals surface area contributed by atoms with E-state index in [0.717, 1.165) is 11.4 Å². The van der Waals surface area contributed by atoms with E-state index in [1.54, 1.807) is 6.33 Å². The van der Waals surface area contributed by atoms with Crippen LogP contribution in [0.1, 0.15) is 18.4 Å². The number of nitrogens with zero attached hydrogens (tertiary/aromatic N) is 3. The maximum atomic E-state index is 5.60. The molecule has 1 unspecified atom stereocenters. The molecule has 0 saturated heterocycles. The van der Waals surface area contributed by atoms with Gasteiger partial charge in [-0.3, -0.25) is 0 Å². The summed E-state index contributed by atoms with van der Waals surface area (Å²) >= 11 is 0. The van der Waals surface area contributed by atoms with Crippen molar-refractivity contribution in [1.29, 1.82) is 0 Å². The Bertz CT molecular complexity index is 272. The third-order valence-corrected chi connectivity index (χ3v) is 2.03. The molecule has 0 bridgehead atoms. The second-order valence-corrected chi connectivity index (χ2v) is 3.33. The van der Waals surface area contributed by atoms with E-state index in [1.165, 1.54) is 0 Å². The highest BCUT2D eigenvalue weighted by Crippen LogP contribution is 2.21. The van der Waals surface area contributed by atoms with Crippen LogP contribution in [0.2, 0.25) is 0 Å². The van der Waals surface area contributed by atoms with Crippen LogP contribution >= 0.6 is 0 Å². The third-order valence-electron chi connectivity index (χ3n) is 2.03. The molecule has 1 heterocycles. The Morgan fingerprint density at radius 3 is 2.77 bits per heavy atom. The van der Waals surface area contributed by atoms with Crippen LogP contribution in [0, 0.1) is 0 Å². The van der Waals surface area contributed by atoms with Gasteiger partial charge in [0, 0.05) is 25.9 Å². The zero-order chi connectivity index (χ0) is 9.84. The Labute approximate surface area is 78.8 Å². The van der Waals surface area contributed by atoms with Gasteiger partial charge < -0.3 is 10.6 Å². The highest BCUT2D eigenvalue weighted by atomic mass is 15.1. The summed E-state index contributed by atoms with van der Waals surface area (Å²) < 4.78 is 0. The monoisotopic (exact) mass is 180 g/mol. The van der Waals surface area contributed by atoms with E-state index in [-0.39, 0.29) is 0 Å². The first-order valence-electron chi connectivity index (χ1n) is 4.34.